The standard InChI is InChI=1S/2In.NO3.O/c;;2-1(3)4;/q2*+3;-1;-2. The maximum Gasteiger partial charge on any atom is 3.00 e. The van der Waals surface area contributed by atoms with Crippen LogP contribution < -0.4 is 0 Å². The van der Waals surface area contributed by atoms with Gasteiger partial charge in [0.15, 0.2) is 0 Å². The molecule has 0 aliphatic rings. The van der Waals surface area contributed by atoms with Crippen molar-refractivity contribution in [2.75, 3.05) is 0 Å². The Labute approximate surface area is 77.1 Å². The minimum Gasteiger partial charge on any atom is -2.00 e. The molecule has 0 N–H and O–H groups in total. The van der Waals surface area contributed by atoms with Crippen molar-refractivity contribution in [3.05, 3.63) is 15.3 Å². The van der Waals surface area contributed by atoms with E-state index in [1.165, 1.54) is 0 Å². The van der Waals surface area contributed by atoms with Crippen LogP contribution in [0.3, 0.4) is 0 Å². The monoisotopic (exact) mass is 308 g/mol. The fourth-order valence-electron chi connectivity index (χ4n) is 0. The van der Waals surface area contributed by atoms with Gasteiger partial charge < -0.3 is 20.8 Å². The summed E-state index contributed by atoms with van der Waals surface area (Å²) >= 11 is 0. The predicted molar refractivity (Wildman–Crippen MR) is 22.6 cm³/mol. The average molecular weight is 308 g/mol. The van der Waals surface area contributed by atoms with Crippen molar-refractivity contribution in [1.82, 2.24) is 0 Å². The van der Waals surface area contributed by atoms with E-state index in [0.29, 0.717) is 0 Å². The molecule has 0 atom stereocenters. The maximum absolute atomic E-state index is 8.25. The van der Waals surface area contributed by atoms with E-state index < -0.39 is 5.09 Å². The van der Waals surface area contributed by atoms with Gasteiger partial charge in [0, 0.05) is 0 Å². The minimum absolute atomic E-state index is 0. The molecule has 0 bridgehead atoms. The van der Waals surface area contributed by atoms with Gasteiger partial charge in [0.25, 0.3) is 0 Å². The summed E-state index contributed by atoms with van der Waals surface area (Å²) in [4.78, 5) is 8.25. The second kappa shape index (κ2) is 15.8. The van der Waals surface area contributed by atoms with Gasteiger partial charge in [0.05, 0.1) is 5.09 Å². The first kappa shape index (κ1) is 24.7. The van der Waals surface area contributed by atoms with E-state index in [1.54, 1.807) is 0 Å². The van der Waals surface area contributed by atoms with Gasteiger partial charge in [-0.2, -0.15) is 0 Å². The minimum atomic E-state index is -1.75. The van der Waals surface area contributed by atoms with Crippen LogP contribution in [0.4, 0.5) is 0 Å². The Kier molecular flexibility index (Phi) is 55.8. The van der Waals surface area contributed by atoms with E-state index in [4.69, 9.17) is 15.3 Å². The van der Waals surface area contributed by atoms with Gasteiger partial charge in [-0.05, 0) is 0 Å². The molecule has 0 saturated carbocycles. The quantitative estimate of drug-likeness (QED) is 0.419. The Balaban J connectivity index is -0.0000000150. The SMILES string of the molecule is O=[N+]([O-])[O-].[In+3].[In+3].[O-2]. The number of hydrogen-bond acceptors (Lipinski definition) is 3. The van der Waals surface area contributed by atoms with Crippen molar-refractivity contribution in [2.45, 2.75) is 0 Å². The zero-order valence-electron chi connectivity index (χ0n) is 3.23. The van der Waals surface area contributed by atoms with Crippen molar-refractivity contribution >= 4 is 51.7 Å². The van der Waals surface area contributed by atoms with Gasteiger partial charge in [-0.1, -0.05) is 0 Å². The zero-order chi connectivity index (χ0) is 3.58. The largest absolute Gasteiger partial charge is 3.00 e. The Hall–Kier alpha value is 0.900. The molecule has 5 nitrogen and oxygen atoms in total. The van der Waals surface area contributed by atoms with Crippen LogP contribution in [0.15, 0.2) is 0 Å². The Morgan fingerprint density at radius 2 is 1.14 bits per heavy atom. The molecule has 0 heterocycles. The molecule has 0 aliphatic carbocycles. The van der Waals surface area contributed by atoms with Gasteiger partial charge in [-0.15, -0.1) is 0 Å². The topological polar surface area (TPSA) is 94.7 Å². The zero-order valence-corrected chi connectivity index (χ0v) is 9.83. The molecule has 0 aliphatic heterocycles. The van der Waals surface area contributed by atoms with E-state index in [-0.39, 0.29) is 57.2 Å². The summed E-state index contributed by atoms with van der Waals surface area (Å²) in [6.45, 7) is 0. The van der Waals surface area contributed by atoms with Gasteiger partial charge in [-0.25, -0.2) is 0 Å². The van der Waals surface area contributed by atoms with Gasteiger partial charge >= 0.3 is 51.7 Å². The summed E-state index contributed by atoms with van der Waals surface area (Å²) in [5.74, 6) is 0. The van der Waals surface area contributed by atoms with Gasteiger partial charge in [0.1, 0.15) is 0 Å². The fourth-order valence-corrected chi connectivity index (χ4v) is 0. The summed E-state index contributed by atoms with van der Waals surface area (Å²) in [7, 11) is 0. The number of hydrogen-bond donors (Lipinski definition) is 0. The van der Waals surface area contributed by atoms with E-state index in [0.717, 1.165) is 0 Å². The molecule has 0 aromatic heterocycles. The maximum atomic E-state index is 8.25. The number of rotatable bonds is 0. The second-order valence-corrected chi connectivity index (χ2v) is 0.224. The third-order valence-corrected chi connectivity index (χ3v) is 0. The Morgan fingerprint density at radius 1 is 1.14 bits per heavy atom. The molecule has 0 fully saturated rings. The second-order valence-electron chi connectivity index (χ2n) is 0.224. The van der Waals surface area contributed by atoms with Crippen LogP contribution in [-0.4, -0.2) is 56.8 Å². The molecule has 32 valence electrons. The van der Waals surface area contributed by atoms with E-state index in [1.807, 2.05) is 0 Å². The van der Waals surface area contributed by atoms with Crippen LogP contribution in [0.5, 0.6) is 0 Å². The van der Waals surface area contributed by atoms with Crippen molar-refractivity contribution < 1.29 is 10.6 Å². The molecule has 0 radical (unpaired) electrons. The molecule has 0 aromatic carbocycles. The first-order valence-corrected chi connectivity index (χ1v) is 0.548. The first-order valence-electron chi connectivity index (χ1n) is 0.548. The first-order chi connectivity index (χ1) is 1.73. The smallest absolute Gasteiger partial charge is 2.00 e. The summed E-state index contributed by atoms with van der Waals surface area (Å²) < 4.78 is 0. The molecular weight excluding hydrogens is 308 g/mol. The van der Waals surface area contributed by atoms with Crippen LogP contribution in [0.1, 0.15) is 0 Å². The molecular formula is In2NO4+3. The molecule has 0 unspecified atom stereocenters. The van der Waals surface area contributed by atoms with Crippen molar-refractivity contribution in [1.29, 1.82) is 0 Å². The third-order valence-electron chi connectivity index (χ3n) is 0. The summed E-state index contributed by atoms with van der Waals surface area (Å²) in [5, 5.41) is 14.8. The molecule has 0 rings (SSSR count). The molecule has 0 spiro atoms. The molecule has 7 heavy (non-hydrogen) atoms. The van der Waals surface area contributed by atoms with Crippen LogP contribution in [0.25, 0.3) is 0 Å². The predicted octanol–water partition coefficient (Wildman–Crippen LogP) is -1.12. The van der Waals surface area contributed by atoms with Gasteiger partial charge in [-0.3, -0.25) is 0 Å². The number of nitrogens with zero attached hydrogens (tertiary/aromatic N) is 1. The molecule has 7 heteroatoms. The van der Waals surface area contributed by atoms with Crippen LogP contribution in [0.2, 0.25) is 0 Å². The van der Waals surface area contributed by atoms with Gasteiger partial charge in [0.2, 0.25) is 0 Å². The van der Waals surface area contributed by atoms with E-state index in [9.17, 15) is 0 Å². The third kappa shape index (κ3) is 204. The van der Waals surface area contributed by atoms with Crippen molar-refractivity contribution in [3.8, 4) is 0 Å². The normalized spacial score (nSPS) is 3.43. The van der Waals surface area contributed by atoms with Crippen molar-refractivity contribution in [3.63, 3.8) is 0 Å². The molecule has 0 amide bonds. The van der Waals surface area contributed by atoms with E-state index >= 15 is 0 Å². The van der Waals surface area contributed by atoms with Crippen molar-refractivity contribution in [2.24, 2.45) is 0 Å². The Bertz CT molecular complexity index is 32.7. The summed E-state index contributed by atoms with van der Waals surface area (Å²) in [6, 6.07) is 0. The fraction of sp³-hybridized carbons (Fsp3) is 0. The average Bonchev–Trinajstić information content (AvgIpc) is 0.811. The molecule has 0 aromatic rings. The van der Waals surface area contributed by atoms with Crippen LogP contribution in [0, 0.1) is 15.3 Å². The Morgan fingerprint density at radius 3 is 1.14 bits per heavy atom. The van der Waals surface area contributed by atoms with Crippen LogP contribution in [-0.2, 0) is 5.48 Å². The summed E-state index contributed by atoms with van der Waals surface area (Å²) in [5.41, 5.74) is 0. The molecule has 0 saturated heterocycles. The summed E-state index contributed by atoms with van der Waals surface area (Å²) in [6.07, 6.45) is 0. The van der Waals surface area contributed by atoms with Crippen LogP contribution >= 0.6 is 0 Å². The van der Waals surface area contributed by atoms with E-state index in [2.05, 4.69) is 0 Å².